The molecule has 1 rings (SSSR count). The van der Waals surface area contributed by atoms with E-state index < -0.39 is 0 Å². The zero-order valence-corrected chi connectivity index (χ0v) is 11.9. The van der Waals surface area contributed by atoms with E-state index >= 15 is 0 Å². The lowest BCUT2D eigenvalue weighted by Crippen LogP contribution is -2.24. The molecule has 1 aromatic rings. The number of nitrogens with one attached hydrogen (secondary N) is 2. The first-order valence-corrected chi connectivity index (χ1v) is 7.13. The molecular formula is C13H24N2OS. The Labute approximate surface area is 109 Å². The fourth-order valence-electron chi connectivity index (χ4n) is 1.57. The van der Waals surface area contributed by atoms with Crippen LogP contribution in [0.2, 0.25) is 0 Å². The third kappa shape index (κ3) is 6.05. The van der Waals surface area contributed by atoms with Crippen LogP contribution in [-0.4, -0.2) is 26.7 Å². The van der Waals surface area contributed by atoms with E-state index in [4.69, 9.17) is 4.74 Å². The van der Waals surface area contributed by atoms with Gasteiger partial charge in [-0.2, -0.15) is 0 Å². The Morgan fingerprint density at radius 2 is 2.06 bits per heavy atom. The van der Waals surface area contributed by atoms with E-state index in [9.17, 15) is 0 Å². The van der Waals surface area contributed by atoms with Crippen molar-refractivity contribution in [3.05, 3.63) is 16.3 Å². The van der Waals surface area contributed by atoms with Crippen molar-refractivity contribution < 1.29 is 4.74 Å². The summed E-state index contributed by atoms with van der Waals surface area (Å²) < 4.78 is 5.27. The SMILES string of the molecule is COc1ccsc1CNCCCNCC(C)C. The van der Waals surface area contributed by atoms with E-state index in [1.165, 1.54) is 11.3 Å². The second-order valence-electron chi connectivity index (χ2n) is 4.54. The van der Waals surface area contributed by atoms with Gasteiger partial charge < -0.3 is 15.4 Å². The van der Waals surface area contributed by atoms with Gasteiger partial charge in [0.15, 0.2) is 0 Å². The molecule has 3 nitrogen and oxygen atoms in total. The Morgan fingerprint density at radius 3 is 2.76 bits per heavy atom. The zero-order chi connectivity index (χ0) is 12.5. The van der Waals surface area contributed by atoms with Crippen LogP contribution in [-0.2, 0) is 6.54 Å². The van der Waals surface area contributed by atoms with Gasteiger partial charge in [0.05, 0.1) is 12.0 Å². The second-order valence-corrected chi connectivity index (χ2v) is 5.54. The number of hydrogen-bond acceptors (Lipinski definition) is 4. The Hall–Kier alpha value is -0.580. The Bertz CT molecular complexity index is 299. The number of ether oxygens (including phenoxy) is 1. The predicted octanol–water partition coefficient (Wildman–Crippen LogP) is 2.48. The second kappa shape index (κ2) is 8.50. The molecule has 0 aliphatic rings. The lowest BCUT2D eigenvalue weighted by molar-refractivity contribution is 0.410. The minimum atomic E-state index is 0.735. The van der Waals surface area contributed by atoms with Crippen LogP contribution in [0.4, 0.5) is 0 Å². The molecule has 0 aliphatic carbocycles. The molecule has 0 saturated heterocycles. The third-order valence-corrected chi connectivity index (χ3v) is 3.37. The molecule has 2 N–H and O–H groups in total. The van der Waals surface area contributed by atoms with Crippen LogP contribution >= 0.6 is 11.3 Å². The highest BCUT2D eigenvalue weighted by Gasteiger charge is 2.02. The number of rotatable bonds is 9. The van der Waals surface area contributed by atoms with Crippen LogP contribution in [0, 0.1) is 5.92 Å². The lowest BCUT2D eigenvalue weighted by atomic mass is 10.2. The fraction of sp³-hybridized carbons (Fsp3) is 0.692. The fourth-order valence-corrected chi connectivity index (χ4v) is 2.38. The summed E-state index contributed by atoms with van der Waals surface area (Å²) in [6.07, 6.45) is 1.17. The van der Waals surface area contributed by atoms with Gasteiger partial charge in [-0.25, -0.2) is 0 Å². The molecule has 4 heteroatoms. The Balaban J connectivity index is 2.01. The number of thiophene rings is 1. The van der Waals surface area contributed by atoms with Gasteiger partial charge in [-0.15, -0.1) is 11.3 Å². The van der Waals surface area contributed by atoms with Crippen LogP contribution in [0.3, 0.4) is 0 Å². The molecule has 0 amide bonds. The van der Waals surface area contributed by atoms with Crippen molar-refractivity contribution in [2.24, 2.45) is 5.92 Å². The molecule has 0 saturated carbocycles. The van der Waals surface area contributed by atoms with E-state index in [0.29, 0.717) is 0 Å². The topological polar surface area (TPSA) is 33.3 Å². The van der Waals surface area contributed by atoms with Crippen molar-refractivity contribution in [2.75, 3.05) is 26.7 Å². The quantitative estimate of drug-likeness (QED) is 0.666. The highest BCUT2D eigenvalue weighted by molar-refractivity contribution is 7.10. The zero-order valence-electron chi connectivity index (χ0n) is 11.1. The summed E-state index contributed by atoms with van der Waals surface area (Å²) in [6, 6.07) is 2.02. The highest BCUT2D eigenvalue weighted by atomic mass is 32.1. The summed E-state index contributed by atoms with van der Waals surface area (Å²) in [5.74, 6) is 1.73. The first-order valence-electron chi connectivity index (χ1n) is 6.25. The van der Waals surface area contributed by atoms with E-state index in [2.05, 4.69) is 29.9 Å². The summed E-state index contributed by atoms with van der Waals surface area (Å²) in [5, 5.41) is 8.95. The standard InChI is InChI=1S/C13H24N2OS/c1-11(2)9-14-6-4-7-15-10-13-12(16-3)5-8-17-13/h5,8,11,14-15H,4,6-7,9-10H2,1-3H3. The minimum Gasteiger partial charge on any atom is -0.496 e. The van der Waals surface area contributed by atoms with Crippen molar-refractivity contribution in [3.63, 3.8) is 0 Å². The van der Waals surface area contributed by atoms with E-state index in [1.807, 2.05) is 6.07 Å². The summed E-state index contributed by atoms with van der Waals surface area (Å²) in [6.45, 7) is 8.62. The summed E-state index contributed by atoms with van der Waals surface area (Å²) in [5.41, 5.74) is 0. The van der Waals surface area contributed by atoms with Gasteiger partial charge in [-0.3, -0.25) is 0 Å². The molecule has 0 fully saturated rings. The Kier molecular flexibility index (Phi) is 7.24. The van der Waals surface area contributed by atoms with Gasteiger partial charge >= 0.3 is 0 Å². The van der Waals surface area contributed by atoms with Gasteiger partial charge in [0, 0.05) is 6.54 Å². The van der Waals surface area contributed by atoms with Crippen LogP contribution in [0.25, 0.3) is 0 Å². The predicted molar refractivity (Wildman–Crippen MR) is 74.9 cm³/mol. The summed E-state index contributed by atoms with van der Waals surface area (Å²) >= 11 is 1.74. The molecule has 0 spiro atoms. The van der Waals surface area contributed by atoms with Crippen molar-refractivity contribution >= 4 is 11.3 Å². The molecule has 0 aliphatic heterocycles. The minimum absolute atomic E-state index is 0.735. The van der Waals surface area contributed by atoms with Crippen molar-refractivity contribution in [1.82, 2.24) is 10.6 Å². The molecule has 0 unspecified atom stereocenters. The number of hydrogen-bond donors (Lipinski definition) is 2. The maximum absolute atomic E-state index is 5.27. The molecule has 0 bridgehead atoms. The van der Waals surface area contributed by atoms with Gasteiger partial charge in [0.2, 0.25) is 0 Å². The van der Waals surface area contributed by atoms with Gasteiger partial charge in [0.1, 0.15) is 5.75 Å². The molecule has 0 aromatic carbocycles. The molecule has 1 aromatic heterocycles. The van der Waals surface area contributed by atoms with Crippen molar-refractivity contribution in [3.8, 4) is 5.75 Å². The molecule has 1 heterocycles. The van der Waals surface area contributed by atoms with Crippen molar-refractivity contribution in [2.45, 2.75) is 26.8 Å². The maximum atomic E-state index is 5.27. The molecule has 98 valence electrons. The maximum Gasteiger partial charge on any atom is 0.134 e. The van der Waals surface area contributed by atoms with Crippen LogP contribution in [0.1, 0.15) is 25.1 Å². The van der Waals surface area contributed by atoms with E-state index in [1.54, 1.807) is 18.4 Å². The summed E-state index contributed by atoms with van der Waals surface area (Å²) in [4.78, 5) is 1.28. The monoisotopic (exact) mass is 256 g/mol. The van der Waals surface area contributed by atoms with Crippen LogP contribution in [0.5, 0.6) is 5.75 Å². The average Bonchev–Trinajstić information content (AvgIpc) is 2.74. The first kappa shape index (κ1) is 14.5. The van der Waals surface area contributed by atoms with Gasteiger partial charge in [-0.1, -0.05) is 13.8 Å². The van der Waals surface area contributed by atoms with E-state index in [-0.39, 0.29) is 0 Å². The average molecular weight is 256 g/mol. The largest absolute Gasteiger partial charge is 0.496 e. The van der Waals surface area contributed by atoms with Gasteiger partial charge in [-0.05, 0) is 43.4 Å². The molecule has 17 heavy (non-hydrogen) atoms. The van der Waals surface area contributed by atoms with Crippen LogP contribution in [0.15, 0.2) is 11.4 Å². The smallest absolute Gasteiger partial charge is 0.134 e. The van der Waals surface area contributed by atoms with Crippen molar-refractivity contribution in [1.29, 1.82) is 0 Å². The van der Waals surface area contributed by atoms with Gasteiger partial charge in [0.25, 0.3) is 0 Å². The Morgan fingerprint density at radius 1 is 1.29 bits per heavy atom. The van der Waals surface area contributed by atoms with Crippen LogP contribution < -0.4 is 15.4 Å². The normalized spacial score (nSPS) is 11.1. The first-order chi connectivity index (χ1) is 8.24. The third-order valence-electron chi connectivity index (χ3n) is 2.47. The summed E-state index contributed by atoms with van der Waals surface area (Å²) in [7, 11) is 1.72. The molecule has 0 radical (unpaired) electrons. The highest BCUT2D eigenvalue weighted by Crippen LogP contribution is 2.23. The molecular weight excluding hydrogens is 232 g/mol. The lowest BCUT2D eigenvalue weighted by Gasteiger charge is -2.08. The number of methoxy groups -OCH3 is 1. The molecule has 0 atom stereocenters. The van der Waals surface area contributed by atoms with E-state index in [0.717, 1.165) is 37.8 Å².